The number of para-hydroxylation sites is 1. The van der Waals surface area contributed by atoms with Crippen LogP contribution in [0, 0.1) is 0 Å². The number of amides is 1. The minimum Gasteiger partial charge on any atom is -0.465 e. The normalized spacial score (nSPS) is 14.1. The molecule has 0 spiro atoms. The predicted molar refractivity (Wildman–Crippen MR) is 113 cm³/mol. The van der Waals surface area contributed by atoms with Crippen LogP contribution >= 0.6 is 0 Å². The van der Waals surface area contributed by atoms with Gasteiger partial charge in [-0.15, -0.1) is 0 Å². The van der Waals surface area contributed by atoms with Gasteiger partial charge in [0, 0.05) is 37.6 Å². The Labute approximate surface area is 175 Å². The Kier molecular flexibility index (Phi) is 7.03. The first-order valence-corrected chi connectivity index (χ1v) is 9.64. The zero-order valence-corrected chi connectivity index (χ0v) is 17.1. The third kappa shape index (κ3) is 5.36. The molecule has 1 aliphatic heterocycles. The van der Waals surface area contributed by atoms with Crippen molar-refractivity contribution in [2.45, 2.75) is 0 Å². The number of methoxy groups -OCH3 is 2. The van der Waals surface area contributed by atoms with Gasteiger partial charge >= 0.3 is 11.9 Å². The molecular formula is C22H25N3O5. The average Bonchev–Trinajstić information content (AvgIpc) is 2.78. The summed E-state index contributed by atoms with van der Waals surface area (Å²) in [6, 6.07) is 14.5. The number of benzene rings is 2. The molecule has 8 nitrogen and oxygen atoms in total. The molecule has 1 aliphatic rings. The van der Waals surface area contributed by atoms with Gasteiger partial charge in [-0.2, -0.15) is 0 Å². The van der Waals surface area contributed by atoms with Gasteiger partial charge in [0.15, 0.2) is 0 Å². The number of rotatable bonds is 6. The summed E-state index contributed by atoms with van der Waals surface area (Å²) in [4.78, 5) is 40.7. The van der Waals surface area contributed by atoms with Crippen molar-refractivity contribution in [3.05, 3.63) is 59.7 Å². The summed E-state index contributed by atoms with van der Waals surface area (Å²) in [7, 11) is 2.50. The number of esters is 2. The molecule has 1 saturated heterocycles. The Bertz CT molecular complexity index is 874. The monoisotopic (exact) mass is 411 g/mol. The van der Waals surface area contributed by atoms with E-state index in [9.17, 15) is 14.4 Å². The highest BCUT2D eigenvalue weighted by atomic mass is 16.5. The first-order valence-electron chi connectivity index (χ1n) is 9.64. The number of piperazine rings is 1. The summed E-state index contributed by atoms with van der Waals surface area (Å²) in [6.07, 6.45) is 0. The second-order valence-electron chi connectivity index (χ2n) is 6.93. The van der Waals surface area contributed by atoms with E-state index in [0.717, 1.165) is 26.2 Å². The lowest BCUT2D eigenvalue weighted by atomic mass is 10.1. The summed E-state index contributed by atoms with van der Waals surface area (Å²) < 4.78 is 9.43. The molecule has 0 aliphatic carbocycles. The van der Waals surface area contributed by atoms with Gasteiger partial charge in [-0.05, 0) is 30.3 Å². The lowest BCUT2D eigenvalue weighted by molar-refractivity contribution is -0.117. The van der Waals surface area contributed by atoms with E-state index in [1.807, 2.05) is 18.2 Å². The van der Waals surface area contributed by atoms with Gasteiger partial charge in [0.25, 0.3) is 0 Å². The molecule has 2 aromatic carbocycles. The molecule has 0 unspecified atom stereocenters. The van der Waals surface area contributed by atoms with Crippen LogP contribution in [-0.2, 0) is 14.3 Å². The summed E-state index contributed by atoms with van der Waals surface area (Å²) in [6.45, 7) is 3.41. The van der Waals surface area contributed by atoms with Crippen LogP contribution in [-0.4, -0.2) is 69.7 Å². The fourth-order valence-corrected chi connectivity index (χ4v) is 3.38. The molecule has 0 atom stereocenters. The van der Waals surface area contributed by atoms with Crippen LogP contribution in [0.1, 0.15) is 20.7 Å². The van der Waals surface area contributed by atoms with Gasteiger partial charge < -0.3 is 19.7 Å². The average molecular weight is 411 g/mol. The van der Waals surface area contributed by atoms with Crippen LogP contribution in [0.4, 0.5) is 11.4 Å². The number of hydrogen-bond acceptors (Lipinski definition) is 7. The Morgan fingerprint density at radius 2 is 1.43 bits per heavy atom. The molecule has 0 saturated carbocycles. The SMILES string of the molecule is COC(=O)c1cc(NC(=O)CN2CCN(c3ccccc3)CC2)cc(C(=O)OC)c1. The van der Waals surface area contributed by atoms with Crippen molar-refractivity contribution in [3.63, 3.8) is 0 Å². The minimum absolute atomic E-state index is 0.159. The Hall–Kier alpha value is -3.39. The van der Waals surface area contributed by atoms with E-state index in [0.29, 0.717) is 5.69 Å². The van der Waals surface area contributed by atoms with Gasteiger partial charge in [0.2, 0.25) is 5.91 Å². The second-order valence-corrected chi connectivity index (χ2v) is 6.93. The Morgan fingerprint density at radius 1 is 0.867 bits per heavy atom. The molecule has 8 heteroatoms. The minimum atomic E-state index is -0.603. The highest BCUT2D eigenvalue weighted by Crippen LogP contribution is 2.18. The molecule has 2 aromatic rings. The summed E-state index contributed by atoms with van der Waals surface area (Å²) in [5.74, 6) is -1.43. The van der Waals surface area contributed by atoms with Crippen molar-refractivity contribution in [2.75, 3.05) is 57.2 Å². The van der Waals surface area contributed by atoms with Crippen LogP contribution in [0.5, 0.6) is 0 Å². The van der Waals surface area contributed by atoms with Crippen LogP contribution in [0.25, 0.3) is 0 Å². The number of anilines is 2. The number of nitrogens with one attached hydrogen (secondary N) is 1. The molecular weight excluding hydrogens is 386 g/mol. The van der Waals surface area contributed by atoms with Crippen LogP contribution in [0.2, 0.25) is 0 Å². The van der Waals surface area contributed by atoms with Gasteiger partial charge in [0.1, 0.15) is 0 Å². The van der Waals surface area contributed by atoms with E-state index < -0.39 is 11.9 Å². The fourth-order valence-electron chi connectivity index (χ4n) is 3.38. The van der Waals surface area contributed by atoms with Crippen molar-refractivity contribution < 1.29 is 23.9 Å². The molecule has 0 radical (unpaired) electrons. The maximum Gasteiger partial charge on any atom is 0.337 e. The van der Waals surface area contributed by atoms with Crippen LogP contribution in [0.15, 0.2) is 48.5 Å². The summed E-state index contributed by atoms with van der Waals surface area (Å²) in [5, 5.41) is 2.76. The zero-order chi connectivity index (χ0) is 21.5. The van der Waals surface area contributed by atoms with Gasteiger partial charge in [0.05, 0.1) is 31.9 Å². The molecule has 0 aromatic heterocycles. The molecule has 0 bridgehead atoms. The number of nitrogens with zero attached hydrogens (tertiary/aromatic N) is 2. The molecule has 1 heterocycles. The van der Waals surface area contributed by atoms with E-state index in [1.54, 1.807) is 0 Å². The maximum atomic E-state index is 12.5. The standard InChI is InChI=1S/C22H25N3O5/c1-29-21(27)16-12-17(22(28)30-2)14-18(13-16)23-20(26)15-24-8-10-25(11-9-24)19-6-4-3-5-7-19/h3-7,12-14H,8-11,15H2,1-2H3,(H,23,26). The van der Waals surface area contributed by atoms with Crippen molar-refractivity contribution in [2.24, 2.45) is 0 Å². The molecule has 3 rings (SSSR count). The smallest absolute Gasteiger partial charge is 0.337 e. The van der Waals surface area contributed by atoms with Gasteiger partial charge in [-0.3, -0.25) is 9.69 Å². The van der Waals surface area contributed by atoms with Crippen molar-refractivity contribution in [1.29, 1.82) is 0 Å². The van der Waals surface area contributed by atoms with Crippen molar-refractivity contribution >= 4 is 29.2 Å². The predicted octanol–water partition coefficient (Wildman–Crippen LogP) is 2.02. The van der Waals surface area contributed by atoms with Crippen molar-refractivity contribution in [3.8, 4) is 0 Å². The topological polar surface area (TPSA) is 88.2 Å². The van der Waals surface area contributed by atoms with Crippen LogP contribution in [0.3, 0.4) is 0 Å². The highest BCUT2D eigenvalue weighted by molar-refractivity contribution is 5.99. The lowest BCUT2D eigenvalue weighted by Gasteiger charge is -2.35. The Morgan fingerprint density at radius 3 is 1.97 bits per heavy atom. The van der Waals surface area contributed by atoms with E-state index in [2.05, 4.69) is 27.2 Å². The van der Waals surface area contributed by atoms with E-state index >= 15 is 0 Å². The molecule has 1 fully saturated rings. The van der Waals surface area contributed by atoms with Crippen LogP contribution < -0.4 is 10.2 Å². The Balaban J connectivity index is 1.60. The van der Waals surface area contributed by atoms with Gasteiger partial charge in [-0.25, -0.2) is 9.59 Å². The number of carbonyl (C=O) groups excluding carboxylic acids is 3. The maximum absolute atomic E-state index is 12.5. The summed E-state index contributed by atoms with van der Waals surface area (Å²) in [5.41, 5.74) is 1.84. The lowest BCUT2D eigenvalue weighted by Crippen LogP contribution is -2.48. The molecule has 30 heavy (non-hydrogen) atoms. The third-order valence-corrected chi connectivity index (χ3v) is 4.92. The zero-order valence-electron chi connectivity index (χ0n) is 17.1. The highest BCUT2D eigenvalue weighted by Gasteiger charge is 2.20. The first kappa shape index (κ1) is 21.3. The van der Waals surface area contributed by atoms with E-state index in [-0.39, 0.29) is 23.6 Å². The fraction of sp³-hybridized carbons (Fsp3) is 0.318. The third-order valence-electron chi connectivity index (χ3n) is 4.92. The first-order chi connectivity index (χ1) is 14.5. The van der Waals surface area contributed by atoms with Crippen molar-refractivity contribution in [1.82, 2.24) is 4.90 Å². The van der Waals surface area contributed by atoms with E-state index in [1.165, 1.54) is 38.1 Å². The molecule has 1 amide bonds. The number of ether oxygens (including phenoxy) is 2. The molecule has 1 N–H and O–H groups in total. The summed E-state index contributed by atoms with van der Waals surface area (Å²) >= 11 is 0. The largest absolute Gasteiger partial charge is 0.465 e. The second kappa shape index (κ2) is 9.89. The quantitative estimate of drug-likeness (QED) is 0.728. The van der Waals surface area contributed by atoms with E-state index in [4.69, 9.17) is 9.47 Å². The number of carbonyl (C=O) groups is 3. The number of hydrogen-bond donors (Lipinski definition) is 1. The molecule has 158 valence electrons. The van der Waals surface area contributed by atoms with Gasteiger partial charge in [-0.1, -0.05) is 18.2 Å².